The predicted octanol–water partition coefficient (Wildman–Crippen LogP) is 0.113. The van der Waals surface area contributed by atoms with Crippen LogP contribution in [-0.2, 0) is 14.3 Å². The van der Waals surface area contributed by atoms with Crippen molar-refractivity contribution in [3.05, 3.63) is 12.2 Å². The summed E-state index contributed by atoms with van der Waals surface area (Å²) >= 11 is 0. The molecule has 0 atom stereocenters. The lowest BCUT2D eigenvalue weighted by Gasteiger charge is -2.11. The van der Waals surface area contributed by atoms with Crippen LogP contribution in [0.3, 0.4) is 0 Å². The van der Waals surface area contributed by atoms with E-state index in [4.69, 9.17) is 19.7 Å². The van der Waals surface area contributed by atoms with E-state index in [0.29, 0.717) is 25.2 Å². The van der Waals surface area contributed by atoms with E-state index in [1.807, 2.05) is 0 Å². The fourth-order valence-corrected chi connectivity index (χ4v) is 0.862. The highest BCUT2D eigenvalue weighted by atomic mass is 16.5. The van der Waals surface area contributed by atoms with E-state index in [2.05, 4.69) is 6.58 Å². The van der Waals surface area contributed by atoms with Gasteiger partial charge in [-0.05, 0) is 6.92 Å². The van der Waals surface area contributed by atoms with Gasteiger partial charge >= 0.3 is 5.97 Å². The van der Waals surface area contributed by atoms with Crippen LogP contribution < -0.4 is 0 Å². The SMILES string of the molecule is C=C(C)C(=O)OCCCOCC(CO)CO. The first kappa shape index (κ1) is 15.1. The summed E-state index contributed by atoms with van der Waals surface area (Å²) in [7, 11) is 0. The van der Waals surface area contributed by atoms with Gasteiger partial charge in [0.2, 0.25) is 0 Å². The second kappa shape index (κ2) is 9.33. The van der Waals surface area contributed by atoms with Gasteiger partial charge < -0.3 is 19.7 Å². The van der Waals surface area contributed by atoms with Crippen LogP contribution in [0.15, 0.2) is 12.2 Å². The average Bonchev–Trinajstić information content (AvgIpc) is 2.27. The highest BCUT2D eigenvalue weighted by Crippen LogP contribution is 1.97. The molecule has 0 bridgehead atoms. The summed E-state index contributed by atoms with van der Waals surface area (Å²) in [5.74, 6) is -0.637. The van der Waals surface area contributed by atoms with Crippen molar-refractivity contribution in [3.63, 3.8) is 0 Å². The first-order valence-corrected chi connectivity index (χ1v) is 5.24. The molecular formula is C11H20O5. The van der Waals surface area contributed by atoms with Crippen LogP contribution in [0.1, 0.15) is 13.3 Å². The molecule has 0 aliphatic heterocycles. The smallest absolute Gasteiger partial charge is 0.333 e. The molecule has 0 unspecified atom stereocenters. The first-order valence-electron chi connectivity index (χ1n) is 5.24. The van der Waals surface area contributed by atoms with Crippen molar-refractivity contribution in [1.82, 2.24) is 0 Å². The highest BCUT2D eigenvalue weighted by molar-refractivity contribution is 5.86. The van der Waals surface area contributed by atoms with Crippen molar-refractivity contribution in [2.45, 2.75) is 13.3 Å². The Kier molecular flexibility index (Phi) is 8.80. The number of hydrogen-bond acceptors (Lipinski definition) is 5. The van der Waals surface area contributed by atoms with Gasteiger partial charge in [0.25, 0.3) is 0 Å². The number of ether oxygens (including phenoxy) is 2. The zero-order valence-electron chi connectivity index (χ0n) is 9.65. The van der Waals surface area contributed by atoms with Crippen LogP contribution >= 0.6 is 0 Å². The van der Waals surface area contributed by atoms with E-state index in [0.717, 1.165) is 0 Å². The molecule has 0 aliphatic rings. The van der Waals surface area contributed by atoms with Crippen molar-refractivity contribution in [1.29, 1.82) is 0 Å². The van der Waals surface area contributed by atoms with Gasteiger partial charge in [-0.2, -0.15) is 0 Å². The number of esters is 1. The number of rotatable bonds is 9. The molecule has 5 nitrogen and oxygen atoms in total. The van der Waals surface area contributed by atoms with E-state index in [1.165, 1.54) is 0 Å². The Morgan fingerprint density at radius 3 is 2.44 bits per heavy atom. The number of aliphatic hydroxyl groups is 2. The predicted molar refractivity (Wildman–Crippen MR) is 58.9 cm³/mol. The molecule has 94 valence electrons. The summed E-state index contributed by atoms with van der Waals surface area (Å²) in [4.78, 5) is 10.9. The fraction of sp³-hybridized carbons (Fsp3) is 0.727. The third kappa shape index (κ3) is 7.39. The molecular weight excluding hydrogens is 212 g/mol. The van der Waals surface area contributed by atoms with E-state index < -0.39 is 5.97 Å². The van der Waals surface area contributed by atoms with Crippen LogP contribution in [-0.4, -0.2) is 49.2 Å². The summed E-state index contributed by atoms with van der Waals surface area (Å²) in [5, 5.41) is 17.5. The summed E-state index contributed by atoms with van der Waals surface area (Å²) in [6.45, 7) is 5.87. The highest BCUT2D eigenvalue weighted by Gasteiger charge is 2.05. The molecule has 0 saturated heterocycles. The van der Waals surface area contributed by atoms with Gasteiger partial charge in [-0.25, -0.2) is 4.79 Å². The van der Waals surface area contributed by atoms with Crippen molar-refractivity contribution < 1.29 is 24.5 Å². The van der Waals surface area contributed by atoms with Crippen LogP contribution in [0.25, 0.3) is 0 Å². The van der Waals surface area contributed by atoms with Crippen molar-refractivity contribution >= 4 is 5.97 Å². The number of aliphatic hydroxyl groups excluding tert-OH is 2. The van der Waals surface area contributed by atoms with Crippen LogP contribution in [0.2, 0.25) is 0 Å². The van der Waals surface area contributed by atoms with Crippen LogP contribution in [0.5, 0.6) is 0 Å². The Hall–Kier alpha value is -0.910. The minimum atomic E-state index is -0.399. The van der Waals surface area contributed by atoms with Crippen molar-refractivity contribution in [2.75, 3.05) is 33.0 Å². The van der Waals surface area contributed by atoms with Crippen LogP contribution in [0.4, 0.5) is 0 Å². The minimum absolute atomic E-state index is 0.0961. The van der Waals surface area contributed by atoms with E-state index in [1.54, 1.807) is 6.92 Å². The van der Waals surface area contributed by atoms with Gasteiger partial charge in [0.05, 0.1) is 26.4 Å². The van der Waals surface area contributed by atoms with Crippen molar-refractivity contribution in [2.24, 2.45) is 5.92 Å². The maximum atomic E-state index is 10.9. The maximum absolute atomic E-state index is 10.9. The molecule has 5 heteroatoms. The van der Waals surface area contributed by atoms with Gasteiger partial charge in [-0.3, -0.25) is 0 Å². The number of hydrogen-bond donors (Lipinski definition) is 2. The monoisotopic (exact) mass is 232 g/mol. The molecule has 2 N–H and O–H groups in total. The van der Waals surface area contributed by atoms with Crippen molar-refractivity contribution in [3.8, 4) is 0 Å². The second-order valence-corrected chi connectivity index (χ2v) is 3.58. The Morgan fingerprint density at radius 1 is 1.31 bits per heavy atom. The standard InChI is InChI=1S/C11H20O5/c1-9(2)11(14)16-5-3-4-15-8-10(6-12)7-13/h10,12-13H,1,3-8H2,2H3. The summed E-state index contributed by atoms with van der Waals surface area (Å²) in [6.07, 6.45) is 0.586. The zero-order chi connectivity index (χ0) is 12.4. The third-order valence-corrected chi connectivity index (χ3v) is 1.88. The fourth-order valence-electron chi connectivity index (χ4n) is 0.862. The zero-order valence-corrected chi connectivity index (χ0v) is 9.65. The maximum Gasteiger partial charge on any atom is 0.333 e. The summed E-state index contributed by atoms with van der Waals surface area (Å²) < 4.78 is 10.0. The Bertz CT molecular complexity index is 210. The molecule has 0 rings (SSSR count). The summed E-state index contributed by atoms with van der Waals surface area (Å²) in [6, 6.07) is 0. The average molecular weight is 232 g/mol. The quantitative estimate of drug-likeness (QED) is 0.335. The lowest BCUT2D eigenvalue weighted by molar-refractivity contribution is -0.139. The first-order chi connectivity index (χ1) is 7.61. The lowest BCUT2D eigenvalue weighted by atomic mass is 10.2. The van der Waals surface area contributed by atoms with E-state index in [9.17, 15) is 4.79 Å². The lowest BCUT2D eigenvalue weighted by Crippen LogP contribution is -2.18. The molecule has 0 aromatic heterocycles. The third-order valence-electron chi connectivity index (χ3n) is 1.88. The number of carbonyl (C=O) groups excluding carboxylic acids is 1. The van der Waals surface area contributed by atoms with Gasteiger partial charge in [0.1, 0.15) is 0 Å². The minimum Gasteiger partial charge on any atom is -0.462 e. The molecule has 0 aliphatic carbocycles. The van der Waals surface area contributed by atoms with Gasteiger partial charge in [-0.1, -0.05) is 6.58 Å². The van der Waals surface area contributed by atoms with Gasteiger partial charge in [-0.15, -0.1) is 0 Å². The molecule has 0 spiro atoms. The topological polar surface area (TPSA) is 76.0 Å². The molecule has 0 aromatic carbocycles. The molecule has 0 heterocycles. The van der Waals surface area contributed by atoms with Crippen LogP contribution in [0, 0.1) is 5.92 Å². The molecule has 0 saturated carbocycles. The normalized spacial score (nSPS) is 10.5. The largest absolute Gasteiger partial charge is 0.462 e. The van der Waals surface area contributed by atoms with Gasteiger partial charge in [0, 0.05) is 24.5 Å². The molecule has 16 heavy (non-hydrogen) atoms. The number of carbonyl (C=O) groups is 1. The Balaban J connectivity index is 3.34. The van der Waals surface area contributed by atoms with E-state index >= 15 is 0 Å². The second-order valence-electron chi connectivity index (χ2n) is 3.58. The molecule has 0 amide bonds. The van der Waals surface area contributed by atoms with Gasteiger partial charge in [0.15, 0.2) is 0 Å². The Morgan fingerprint density at radius 2 is 1.94 bits per heavy atom. The molecule has 0 fully saturated rings. The summed E-state index contributed by atoms with van der Waals surface area (Å²) in [5.41, 5.74) is 0.376. The van der Waals surface area contributed by atoms with E-state index in [-0.39, 0.29) is 25.7 Å². The Labute approximate surface area is 95.7 Å². The molecule has 0 aromatic rings. The molecule has 0 radical (unpaired) electrons.